The van der Waals surface area contributed by atoms with E-state index in [9.17, 15) is 18.0 Å². The standard InChI is InChI=1S/C20H24N2O5S/c1-15(11-12-16-7-4-3-5-8-16)22-19(23)14-27-20(24)17-9-6-10-18(13-17)28(25,26)21-2/h3-10,13,15,21H,11-12,14H2,1-2H3,(H,22,23)/t15-/m1/s1. The van der Waals surface area contributed by atoms with Gasteiger partial charge in [-0.25, -0.2) is 17.9 Å². The predicted octanol–water partition coefficient (Wildman–Crippen LogP) is 1.89. The van der Waals surface area contributed by atoms with E-state index in [0.29, 0.717) is 0 Å². The lowest BCUT2D eigenvalue weighted by molar-refractivity contribution is -0.124. The number of hydrogen-bond donors (Lipinski definition) is 2. The van der Waals surface area contributed by atoms with E-state index in [1.807, 2.05) is 37.3 Å². The maximum absolute atomic E-state index is 12.1. The van der Waals surface area contributed by atoms with Crippen molar-refractivity contribution in [3.63, 3.8) is 0 Å². The topological polar surface area (TPSA) is 102 Å². The van der Waals surface area contributed by atoms with Crippen LogP contribution in [0.5, 0.6) is 0 Å². The molecule has 0 bridgehead atoms. The molecular formula is C20H24N2O5S. The van der Waals surface area contributed by atoms with Crippen molar-refractivity contribution in [3.8, 4) is 0 Å². The van der Waals surface area contributed by atoms with Crippen LogP contribution >= 0.6 is 0 Å². The summed E-state index contributed by atoms with van der Waals surface area (Å²) in [5, 5.41) is 2.78. The number of amides is 1. The first-order chi connectivity index (χ1) is 13.3. The Morgan fingerprint density at radius 2 is 1.79 bits per heavy atom. The summed E-state index contributed by atoms with van der Waals surface area (Å²) in [7, 11) is -2.39. The third kappa shape index (κ3) is 6.47. The van der Waals surface area contributed by atoms with Crippen molar-refractivity contribution < 1.29 is 22.7 Å². The number of esters is 1. The van der Waals surface area contributed by atoms with Crippen molar-refractivity contribution in [2.75, 3.05) is 13.7 Å². The molecule has 8 heteroatoms. The van der Waals surface area contributed by atoms with E-state index in [1.165, 1.54) is 36.9 Å². The maximum atomic E-state index is 12.1. The Bertz CT molecular complexity index is 913. The number of benzene rings is 2. The van der Waals surface area contributed by atoms with Crippen molar-refractivity contribution in [2.24, 2.45) is 0 Å². The molecule has 0 unspecified atom stereocenters. The zero-order valence-corrected chi connectivity index (χ0v) is 16.7. The lowest BCUT2D eigenvalue weighted by atomic mass is 10.1. The Balaban J connectivity index is 1.82. The first kappa shape index (κ1) is 21.6. The van der Waals surface area contributed by atoms with Crippen LogP contribution in [0.1, 0.15) is 29.3 Å². The molecule has 0 radical (unpaired) electrons. The Morgan fingerprint density at radius 1 is 1.07 bits per heavy atom. The van der Waals surface area contributed by atoms with Gasteiger partial charge in [0.2, 0.25) is 10.0 Å². The van der Waals surface area contributed by atoms with Gasteiger partial charge in [-0.15, -0.1) is 0 Å². The summed E-state index contributed by atoms with van der Waals surface area (Å²) in [6.07, 6.45) is 1.59. The summed E-state index contributed by atoms with van der Waals surface area (Å²) in [5.41, 5.74) is 1.24. The number of sulfonamides is 1. The lowest BCUT2D eigenvalue weighted by Gasteiger charge is -2.14. The van der Waals surface area contributed by atoms with Gasteiger partial charge in [-0.1, -0.05) is 36.4 Å². The van der Waals surface area contributed by atoms with Crippen LogP contribution in [0.25, 0.3) is 0 Å². The number of nitrogens with one attached hydrogen (secondary N) is 2. The average molecular weight is 404 g/mol. The Kier molecular flexibility index (Phi) is 7.71. The fraction of sp³-hybridized carbons (Fsp3) is 0.300. The van der Waals surface area contributed by atoms with Gasteiger partial charge in [0.05, 0.1) is 10.5 Å². The second-order valence-corrected chi connectivity index (χ2v) is 8.19. The second-order valence-electron chi connectivity index (χ2n) is 6.30. The smallest absolute Gasteiger partial charge is 0.338 e. The van der Waals surface area contributed by atoms with E-state index >= 15 is 0 Å². The molecule has 0 aliphatic carbocycles. The summed E-state index contributed by atoms with van der Waals surface area (Å²) in [4.78, 5) is 24.0. The molecule has 0 aliphatic rings. The molecule has 0 spiro atoms. The van der Waals surface area contributed by atoms with Crippen molar-refractivity contribution in [1.29, 1.82) is 0 Å². The Hall–Kier alpha value is -2.71. The van der Waals surface area contributed by atoms with Gasteiger partial charge < -0.3 is 10.1 Å². The minimum absolute atomic E-state index is 0.0524. The number of carbonyl (C=O) groups excluding carboxylic acids is 2. The van der Waals surface area contributed by atoms with E-state index in [0.717, 1.165) is 12.8 Å². The molecule has 2 N–H and O–H groups in total. The minimum Gasteiger partial charge on any atom is -0.452 e. The third-order valence-corrected chi connectivity index (χ3v) is 5.51. The largest absolute Gasteiger partial charge is 0.452 e. The fourth-order valence-electron chi connectivity index (χ4n) is 2.54. The van der Waals surface area contributed by atoms with Gasteiger partial charge in [0.15, 0.2) is 6.61 Å². The molecular weight excluding hydrogens is 380 g/mol. The van der Waals surface area contributed by atoms with Gasteiger partial charge in [0.25, 0.3) is 5.91 Å². The van der Waals surface area contributed by atoms with Crippen molar-refractivity contribution >= 4 is 21.9 Å². The SMILES string of the molecule is CNS(=O)(=O)c1cccc(C(=O)OCC(=O)N[C@H](C)CCc2ccccc2)c1. The fourth-order valence-corrected chi connectivity index (χ4v) is 3.31. The van der Waals surface area contributed by atoms with Crippen LogP contribution in [0.4, 0.5) is 0 Å². The van der Waals surface area contributed by atoms with E-state index in [2.05, 4.69) is 10.0 Å². The van der Waals surface area contributed by atoms with Crippen molar-refractivity contribution in [3.05, 3.63) is 65.7 Å². The lowest BCUT2D eigenvalue weighted by Crippen LogP contribution is -2.36. The molecule has 0 saturated carbocycles. The number of carbonyl (C=O) groups is 2. The highest BCUT2D eigenvalue weighted by Gasteiger charge is 2.16. The normalized spacial score (nSPS) is 12.2. The van der Waals surface area contributed by atoms with Gasteiger partial charge in [0, 0.05) is 6.04 Å². The zero-order valence-electron chi connectivity index (χ0n) is 15.8. The molecule has 2 aromatic rings. The van der Waals surface area contributed by atoms with E-state index < -0.39 is 28.5 Å². The molecule has 0 aliphatic heterocycles. The predicted molar refractivity (Wildman–Crippen MR) is 105 cm³/mol. The number of rotatable bonds is 9. The van der Waals surface area contributed by atoms with E-state index in [-0.39, 0.29) is 16.5 Å². The zero-order chi connectivity index (χ0) is 20.6. The molecule has 2 rings (SSSR count). The third-order valence-electron chi connectivity index (χ3n) is 4.10. The molecule has 150 valence electrons. The van der Waals surface area contributed by atoms with Crippen LogP contribution in [0, 0.1) is 0 Å². The van der Waals surface area contributed by atoms with Crippen LogP contribution in [-0.2, 0) is 26.0 Å². The average Bonchev–Trinajstić information content (AvgIpc) is 2.71. The Labute approximate surface area is 165 Å². The molecule has 2 aromatic carbocycles. The van der Waals surface area contributed by atoms with E-state index in [1.54, 1.807) is 0 Å². The Morgan fingerprint density at radius 3 is 2.46 bits per heavy atom. The number of aryl methyl sites for hydroxylation is 1. The monoisotopic (exact) mass is 404 g/mol. The number of ether oxygens (including phenoxy) is 1. The summed E-state index contributed by atoms with van der Waals surface area (Å²) >= 11 is 0. The second kappa shape index (κ2) is 10.0. The first-order valence-electron chi connectivity index (χ1n) is 8.86. The van der Waals surface area contributed by atoms with Crippen LogP contribution in [0.15, 0.2) is 59.5 Å². The van der Waals surface area contributed by atoms with Crippen LogP contribution in [0.2, 0.25) is 0 Å². The summed E-state index contributed by atoms with van der Waals surface area (Å²) in [6, 6.07) is 15.3. The quantitative estimate of drug-likeness (QED) is 0.622. The van der Waals surface area contributed by atoms with Crippen LogP contribution in [0.3, 0.4) is 0 Å². The van der Waals surface area contributed by atoms with Crippen molar-refractivity contribution in [2.45, 2.75) is 30.7 Å². The van der Waals surface area contributed by atoms with Crippen molar-refractivity contribution in [1.82, 2.24) is 10.0 Å². The molecule has 28 heavy (non-hydrogen) atoms. The minimum atomic E-state index is -3.67. The summed E-state index contributed by atoms with van der Waals surface area (Å²) in [5.74, 6) is -1.17. The molecule has 0 fully saturated rings. The molecule has 0 aromatic heterocycles. The van der Waals surface area contributed by atoms with E-state index in [4.69, 9.17) is 4.74 Å². The van der Waals surface area contributed by atoms with Gasteiger partial charge in [-0.2, -0.15) is 0 Å². The highest BCUT2D eigenvalue weighted by molar-refractivity contribution is 7.89. The summed E-state index contributed by atoms with van der Waals surface area (Å²) in [6.45, 7) is 1.45. The highest BCUT2D eigenvalue weighted by atomic mass is 32.2. The highest BCUT2D eigenvalue weighted by Crippen LogP contribution is 2.12. The first-order valence-corrected chi connectivity index (χ1v) is 10.3. The van der Waals surface area contributed by atoms with Gasteiger partial charge in [0.1, 0.15) is 0 Å². The van der Waals surface area contributed by atoms with Crippen LogP contribution in [-0.4, -0.2) is 40.0 Å². The molecule has 0 saturated heterocycles. The molecule has 1 atom stereocenters. The molecule has 0 heterocycles. The summed E-state index contributed by atoms with van der Waals surface area (Å²) < 4.78 is 30.8. The van der Waals surface area contributed by atoms with Gasteiger partial charge in [-0.3, -0.25) is 4.79 Å². The molecule has 1 amide bonds. The van der Waals surface area contributed by atoms with Crippen LogP contribution < -0.4 is 10.0 Å². The number of hydrogen-bond acceptors (Lipinski definition) is 5. The van der Waals surface area contributed by atoms with Gasteiger partial charge in [-0.05, 0) is 50.6 Å². The molecule has 7 nitrogen and oxygen atoms in total. The van der Waals surface area contributed by atoms with Gasteiger partial charge >= 0.3 is 5.97 Å². The maximum Gasteiger partial charge on any atom is 0.338 e.